The van der Waals surface area contributed by atoms with E-state index in [0.717, 1.165) is 35.9 Å². The molecule has 0 aliphatic heterocycles. The number of hydrogen-bond donors (Lipinski definition) is 0. The maximum Gasteiger partial charge on any atom is 0.311 e. The molecule has 128 valence electrons. The summed E-state index contributed by atoms with van der Waals surface area (Å²) in [6.07, 6.45) is 3.30. The van der Waals surface area contributed by atoms with Crippen molar-refractivity contribution in [1.29, 1.82) is 5.26 Å². The van der Waals surface area contributed by atoms with Crippen molar-refractivity contribution >= 4 is 22.8 Å². The fourth-order valence-corrected chi connectivity index (χ4v) is 2.86. The molecule has 0 N–H and O–H groups in total. The van der Waals surface area contributed by atoms with Gasteiger partial charge in [0.05, 0.1) is 11.6 Å². The van der Waals surface area contributed by atoms with Crippen LogP contribution in [0.5, 0.6) is 5.75 Å². The van der Waals surface area contributed by atoms with Gasteiger partial charge in [0.2, 0.25) is 5.12 Å². The van der Waals surface area contributed by atoms with E-state index in [2.05, 4.69) is 6.92 Å². The number of benzene rings is 2. The summed E-state index contributed by atoms with van der Waals surface area (Å²) in [7, 11) is 0. The van der Waals surface area contributed by atoms with Crippen LogP contribution in [0.25, 0.3) is 0 Å². The highest BCUT2D eigenvalue weighted by molar-refractivity contribution is 8.14. The van der Waals surface area contributed by atoms with Crippen molar-refractivity contribution in [3.63, 3.8) is 0 Å². The largest absolute Gasteiger partial charge is 0.427 e. The van der Waals surface area contributed by atoms with Crippen molar-refractivity contribution < 1.29 is 14.3 Å². The lowest BCUT2D eigenvalue weighted by molar-refractivity contribution is -0.134. The van der Waals surface area contributed by atoms with Gasteiger partial charge in [0, 0.05) is 16.9 Å². The zero-order valence-corrected chi connectivity index (χ0v) is 14.8. The van der Waals surface area contributed by atoms with Crippen LogP contribution in [0.1, 0.15) is 48.5 Å². The molecule has 0 saturated carbocycles. The van der Waals surface area contributed by atoms with E-state index in [1.807, 2.05) is 6.07 Å². The third kappa shape index (κ3) is 6.09. The van der Waals surface area contributed by atoms with Gasteiger partial charge < -0.3 is 4.74 Å². The Labute approximate surface area is 151 Å². The van der Waals surface area contributed by atoms with Crippen LogP contribution in [0.3, 0.4) is 0 Å². The molecule has 0 fully saturated rings. The second kappa shape index (κ2) is 9.65. The normalized spacial score (nSPS) is 10.1. The summed E-state index contributed by atoms with van der Waals surface area (Å²) < 4.78 is 5.25. The fraction of sp³-hybridized carbons (Fsp3) is 0.250. The Morgan fingerprint density at radius 2 is 1.72 bits per heavy atom. The summed E-state index contributed by atoms with van der Waals surface area (Å²) in [4.78, 5) is 24.7. The van der Waals surface area contributed by atoms with Gasteiger partial charge in [0.15, 0.2) is 0 Å². The Bertz CT molecular complexity index is 761. The summed E-state index contributed by atoms with van der Waals surface area (Å²) >= 11 is 1.09. The highest BCUT2D eigenvalue weighted by Crippen LogP contribution is 2.24. The van der Waals surface area contributed by atoms with Gasteiger partial charge in [-0.3, -0.25) is 9.59 Å². The Kier molecular flexibility index (Phi) is 7.24. The molecule has 0 aliphatic rings. The van der Waals surface area contributed by atoms with Gasteiger partial charge in [0.25, 0.3) is 0 Å². The quantitative estimate of drug-likeness (QED) is 0.304. The van der Waals surface area contributed by atoms with Gasteiger partial charge in [-0.25, -0.2) is 0 Å². The number of ether oxygens (including phenoxy) is 1. The highest BCUT2D eigenvalue weighted by Gasteiger charge is 2.10. The summed E-state index contributed by atoms with van der Waals surface area (Å²) in [5, 5.41) is 8.67. The molecule has 0 unspecified atom stereocenters. The molecule has 0 aliphatic carbocycles. The van der Waals surface area contributed by atoms with E-state index in [0.29, 0.717) is 23.3 Å². The third-order valence-corrected chi connectivity index (χ3v) is 4.43. The first-order chi connectivity index (χ1) is 12.1. The lowest BCUT2D eigenvalue weighted by Gasteiger charge is -2.05. The van der Waals surface area contributed by atoms with Crippen molar-refractivity contribution in [2.75, 3.05) is 0 Å². The molecule has 0 spiro atoms. The van der Waals surface area contributed by atoms with Crippen LogP contribution in [-0.2, 0) is 4.79 Å². The smallest absolute Gasteiger partial charge is 0.311 e. The lowest BCUT2D eigenvalue weighted by atomic mass is 10.2. The topological polar surface area (TPSA) is 67.2 Å². The van der Waals surface area contributed by atoms with E-state index in [4.69, 9.17) is 10.00 Å². The molecule has 25 heavy (non-hydrogen) atoms. The highest BCUT2D eigenvalue weighted by atomic mass is 32.2. The summed E-state index contributed by atoms with van der Waals surface area (Å²) in [6, 6.07) is 15.4. The minimum Gasteiger partial charge on any atom is -0.427 e. The molecule has 0 atom stereocenters. The summed E-state index contributed by atoms with van der Waals surface area (Å²) in [6.45, 7) is 2.08. The van der Waals surface area contributed by atoms with Crippen LogP contribution in [0.2, 0.25) is 0 Å². The Balaban J connectivity index is 1.91. The molecular weight excluding hydrogens is 334 g/mol. The number of nitrogens with zero attached hydrogens (tertiary/aromatic N) is 1. The van der Waals surface area contributed by atoms with E-state index >= 15 is 0 Å². The predicted molar refractivity (Wildman–Crippen MR) is 97.6 cm³/mol. The van der Waals surface area contributed by atoms with Crippen LogP contribution < -0.4 is 4.74 Å². The summed E-state index contributed by atoms with van der Waals surface area (Å²) in [5.41, 5.74) is 1.09. The van der Waals surface area contributed by atoms with E-state index in [1.165, 1.54) is 0 Å². The second-order valence-electron chi connectivity index (χ2n) is 5.48. The molecule has 2 aromatic carbocycles. The molecule has 5 heteroatoms. The first kappa shape index (κ1) is 18.8. The average Bonchev–Trinajstić information content (AvgIpc) is 2.63. The van der Waals surface area contributed by atoms with Crippen molar-refractivity contribution in [2.24, 2.45) is 0 Å². The Morgan fingerprint density at radius 1 is 1.04 bits per heavy atom. The van der Waals surface area contributed by atoms with E-state index in [1.54, 1.807) is 48.5 Å². The van der Waals surface area contributed by atoms with Crippen LogP contribution in [0.4, 0.5) is 0 Å². The Hall–Kier alpha value is -2.58. The molecule has 0 bridgehead atoms. The van der Waals surface area contributed by atoms with Gasteiger partial charge in [0.1, 0.15) is 5.75 Å². The first-order valence-corrected chi connectivity index (χ1v) is 8.97. The third-order valence-electron chi connectivity index (χ3n) is 3.50. The molecular formula is C20H19NO3S. The van der Waals surface area contributed by atoms with Crippen molar-refractivity contribution in [2.45, 2.75) is 37.5 Å². The molecule has 0 aromatic heterocycles. The second-order valence-corrected chi connectivity index (χ2v) is 6.53. The molecule has 0 amide bonds. The molecule has 0 heterocycles. The molecule has 0 radical (unpaired) electrons. The van der Waals surface area contributed by atoms with Gasteiger partial charge in [-0.2, -0.15) is 5.26 Å². The van der Waals surface area contributed by atoms with Crippen molar-refractivity contribution in [3.8, 4) is 11.8 Å². The monoisotopic (exact) mass is 353 g/mol. The van der Waals surface area contributed by atoms with Crippen LogP contribution in [0, 0.1) is 11.3 Å². The van der Waals surface area contributed by atoms with Gasteiger partial charge >= 0.3 is 5.97 Å². The van der Waals surface area contributed by atoms with Crippen LogP contribution in [0.15, 0.2) is 53.4 Å². The number of nitriles is 1. The van der Waals surface area contributed by atoms with Crippen LogP contribution in [-0.4, -0.2) is 11.1 Å². The maximum absolute atomic E-state index is 12.3. The molecule has 2 rings (SSSR count). The fourth-order valence-electron chi connectivity index (χ4n) is 2.12. The van der Waals surface area contributed by atoms with Gasteiger partial charge in [-0.05, 0) is 66.7 Å². The SMILES string of the molecule is CCCCCC(=O)Oc1ccc(C(=O)Sc2ccc(C#N)cc2)cc1. The number of esters is 1. The number of rotatable bonds is 7. The van der Waals surface area contributed by atoms with E-state index in [9.17, 15) is 9.59 Å². The Morgan fingerprint density at radius 3 is 2.32 bits per heavy atom. The molecule has 4 nitrogen and oxygen atoms in total. The predicted octanol–water partition coefficient (Wildman–Crippen LogP) is 4.98. The minimum absolute atomic E-state index is 0.106. The zero-order chi connectivity index (χ0) is 18.1. The number of thioether (sulfide) groups is 1. The van der Waals surface area contributed by atoms with Crippen molar-refractivity contribution in [1.82, 2.24) is 0 Å². The summed E-state index contributed by atoms with van der Waals surface area (Å²) in [5.74, 6) is 0.195. The number of carbonyl (C=O) groups is 2. The zero-order valence-electron chi connectivity index (χ0n) is 14.0. The maximum atomic E-state index is 12.3. The minimum atomic E-state index is -0.250. The molecule has 2 aromatic rings. The van der Waals surface area contributed by atoms with Gasteiger partial charge in [-0.15, -0.1) is 0 Å². The van der Waals surface area contributed by atoms with Crippen molar-refractivity contribution in [3.05, 3.63) is 59.7 Å². The van der Waals surface area contributed by atoms with E-state index < -0.39 is 0 Å². The average molecular weight is 353 g/mol. The number of unbranched alkanes of at least 4 members (excludes halogenated alkanes) is 2. The first-order valence-electron chi connectivity index (χ1n) is 8.15. The standard InChI is InChI=1S/C20H19NO3S/c1-2-3-4-5-19(22)24-17-10-8-16(9-11-17)20(23)25-18-12-6-15(14-21)7-13-18/h6-13H,2-5H2,1H3. The van der Waals surface area contributed by atoms with E-state index in [-0.39, 0.29) is 11.1 Å². The molecule has 0 saturated heterocycles. The number of carbonyl (C=O) groups excluding carboxylic acids is 2. The lowest BCUT2D eigenvalue weighted by Crippen LogP contribution is -2.07. The van der Waals surface area contributed by atoms with Gasteiger partial charge in [-0.1, -0.05) is 19.8 Å². The van der Waals surface area contributed by atoms with Crippen LogP contribution >= 0.6 is 11.8 Å². The number of hydrogen-bond acceptors (Lipinski definition) is 5.